The Morgan fingerprint density at radius 2 is 1.89 bits per heavy atom. The van der Waals surface area contributed by atoms with Gasteiger partial charge in [0.1, 0.15) is 0 Å². The number of aromatic nitrogens is 1. The zero-order valence-corrected chi connectivity index (χ0v) is 10.8. The normalized spacial score (nSPS) is 11.6. The highest BCUT2D eigenvalue weighted by molar-refractivity contribution is 5.74. The lowest BCUT2D eigenvalue weighted by Gasteiger charge is -2.18. The molecule has 2 rings (SSSR count). The summed E-state index contributed by atoms with van der Waals surface area (Å²) in [6.07, 6.45) is 1.73. The third-order valence-corrected chi connectivity index (χ3v) is 2.73. The molecule has 1 atom stereocenters. The van der Waals surface area contributed by atoms with Crippen LogP contribution in [-0.2, 0) is 0 Å². The molecule has 0 aliphatic rings. The van der Waals surface area contributed by atoms with E-state index in [0.717, 1.165) is 11.3 Å². The Bertz CT molecular complexity index is 474. The van der Waals surface area contributed by atoms with Crippen molar-refractivity contribution in [2.75, 3.05) is 6.54 Å². The maximum Gasteiger partial charge on any atom is 0.315 e. The third-order valence-electron chi connectivity index (χ3n) is 2.73. The molecule has 0 saturated heterocycles. The summed E-state index contributed by atoms with van der Waals surface area (Å²) in [6.45, 7) is 2.48. The van der Waals surface area contributed by atoms with Crippen molar-refractivity contribution in [1.82, 2.24) is 15.6 Å². The number of nitrogens with zero attached hydrogens (tertiary/aromatic N) is 1. The fourth-order valence-electron chi connectivity index (χ4n) is 1.86. The lowest BCUT2D eigenvalue weighted by Crippen LogP contribution is -2.38. The van der Waals surface area contributed by atoms with Gasteiger partial charge in [-0.25, -0.2) is 4.79 Å². The molecule has 0 bridgehead atoms. The van der Waals surface area contributed by atoms with E-state index in [1.54, 1.807) is 6.20 Å². The third kappa shape index (κ3) is 3.55. The fraction of sp³-hybridized carbons (Fsp3) is 0.200. The molecule has 0 radical (unpaired) electrons. The van der Waals surface area contributed by atoms with Gasteiger partial charge in [-0.1, -0.05) is 36.4 Å². The van der Waals surface area contributed by atoms with Crippen molar-refractivity contribution in [3.05, 3.63) is 66.0 Å². The van der Waals surface area contributed by atoms with Crippen molar-refractivity contribution in [3.63, 3.8) is 0 Å². The number of rotatable bonds is 4. The Morgan fingerprint density at radius 3 is 2.53 bits per heavy atom. The molecule has 0 fully saturated rings. The summed E-state index contributed by atoms with van der Waals surface area (Å²) in [5, 5.41) is 5.68. The first-order valence-electron chi connectivity index (χ1n) is 6.31. The second kappa shape index (κ2) is 6.54. The molecule has 1 heterocycles. The second-order valence-corrected chi connectivity index (χ2v) is 4.10. The van der Waals surface area contributed by atoms with Crippen LogP contribution >= 0.6 is 0 Å². The Hall–Kier alpha value is -2.36. The molecule has 4 heteroatoms. The summed E-state index contributed by atoms with van der Waals surface area (Å²) < 4.78 is 0. The van der Waals surface area contributed by atoms with Gasteiger partial charge in [0.2, 0.25) is 0 Å². The van der Waals surface area contributed by atoms with Crippen LogP contribution in [0.2, 0.25) is 0 Å². The van der Waals surface area contributed by atoms with Crippen LogP contribution in [0.25, 0.3) is 0 Å². The monoisotopic (exact) mass is 255 g/mol. The average molecular weight is 255 g/mol. The molecule has 98 valence electrons. The molecule has 1 aromatic heterocycles. The van der Waals surface area contributed by atoms with Crippen molar-refractivity contribution in [3.8, 4) is 0 Å². The average Bonchev–Trinajstić information content (AvgIpc) is 2.47. The van der Waals surface area contributed by atoms with Crippen LogP contribution in [0, 0.1) is 0 Å². The van der Waals surface area contributed by atoms with Crippen molar-refractivity contribution in [1.29, 1.82) is 0 Å². The summed E-state index contributed by atoms with van der Waals surface area (Å²) in [7, 11) is 0. The van der Waals surface area contributed by atoms with E-state index in [0.29, 0.717) is 6.54 Å². The SMILES string of the molecule is CCNC(=O)NC(c1ccccc1)c1ccccn1. The molecule has 0 aliphatic carbocycles. The number of benzene rings is 1. The molecular weight excluding hydrogens is 238 g/mol. The minimum atomic E-state index is -0.242. The van der Waals surface area contributed by atoms with Crippen molar-refractivity contribution >= 4 is 6.03 Å². The number of carbonyl (C=O) groups is 1. The van der Waals surface area contributed by atoms with Gasteiger partial charge in [0.15, 0.2) is 0 Å². The zero-order valence-electron chi connectivity index (χ0n) is 10.8. The molecule has 1 unspecified atom stereocenters. The largest absolute Gasteiger partial charge is 0.338 e. The quantitative estimate of drug-likeness (QED) is 0.882. The molecule has 2 amide bonds. The van der Waals surface area contributed by atoms with Gasteiger partial charge < -0.3 is 10.6 Å². The van der Waals surface area contributed by atoms with Crippen molar-refractivity contribution in [2.45, 2.75) is 13.0 Å². The van der Waals surface area contributed by atoms with Gasteiger partial charge >= 0.3 is 6.03 Å². The highest BCUT2D eigenvalue weighted by Crippen LogP contribution is 2.19. The Balaban J connectivity index is 2.26. The first-order valence-corrected chi connectivity index (χ1v) is 6.31. The highest BCUT2D eigenvalue weighted by Gasteiger charge is 2.16. The molecule has 4 nitrogen and oxygen atoms in total. The number of hydrogen-bond donors (Lipinski definition) is 2. The van der Waals surface area contributed by atoms with Gasteiger partial charge in [-0.15, -0.1) is 0 Å². The number of pyridine rings is 1. The molecule has 0 spiro atoms. The van der Waals surface area contributed by atoms with Crippen LogP contribution in [0.5, 0.6) is 0 Å². The first-order chi connectivity index (χ1) is 9.31. The summed E-state index contributed by atoms with van der Waals surface area (Å²) >= 11 is 0. The van der Waals surface area contributed by atoms with Crippen molar-refractivity contribution in [2.24, 2.45) is 0 Å². The molecule has 1 aromatic carbocycles. The van der Waals surface area contributed by atoms with Crippen LogP contribution in [-0.4, -0.2) is 17.6 Å². The van der Waals surface area contributed by atoms with Crippen LogP contribution in [0.3, 0.4) is 0 Å². The van der Waals surface area contributed by atoms with E-state index < -0.39 is 0 Å². The number of nitrogens with one attached hydrogen (secondary N) is 2. The van der Waals surface area contributed by atoms with E-state index >= 15 is 0 Å². The van der Waals surface area contributed by atoms with Crippen LogP contribution in [0.1, 0.15) is 24.2 Å². The van der Waals surface area contributed by atoms with Gasteiger partial charge in [0.25, 0.3) is 0 Å². The van der Waals surface area contributed by atoms with Gasteiger partial charge in [0.05, 0.1) is 11.7 Å². The molecule has 0 saturated carbocycles. The summed E-state index contributed by atoms with van der Waals surface area (Å²) in [5.74, 6) is 0. The Labute approximate surface area is 112 Å². The van der Waals surface area contributed by atoms with E-state index in [-0.39, 0.29) is 12.1 Å². The summed E-state index contributed by atoms with van der Waals surface area (Å²) in [4.78, 5) is 16.1. The maximum atomic E-state index is 11.8. The van der Waals surface area contributed by atoms with E-state index in [2.05, 4.69) is 15.6 Å². The lowest BCUT2D eigenvalue weighted by molar-refractivity contribution is 0.239. The van der Waals surface area contributed by atoms with Crippen LogP contribution in [0.15, 0.2) is 54.7 Å². The minimum absolute atomic E-state index is 0.193. The summed E-state index contributed by atoms with van der Waals surface area (Å²) in [5.41, 5.74) is 1.83. The molecule has 2 aromatic rings. The number of amides is 2. The van der Waals surface area contributed by atoms with Crippen LogP contribution < -0.4 is 10.6 Å². The first kappa shape index (κ1) is 13.1. The maximum absolute atomic E-state index is 11.8. The van der Waals surface area contributed by atoms with Gasteiger partial charge in [-0.3, -0.25) is 4.98 Å². The van der Waals surface area contributed by atoms with Gasteiger partial charge in [0, 0.05) is 12.7 Å². The number of urea groups is 1. The standard InChI is InChI=1S/C15H17N3O/c1-2-16-15(19)18-14(12-8-4-3-5-9-12)13-10-6-7-11-17-13/h3-11,14H,2H2,1H3,(H2,16,18,19). The van der Waals surface area contributed by atoms with E-state index in [1.807, 2.05) is 55.5 Å². The fourth-order valence-corrected chi connectivity index (χ4v) is 1.86. The lowest BCUT2D eigenvalue weighted by atomic mass is 10.0. The van der Waals surface area contributed by atoms with Gasteiger partial charge in [-0.2, -0.15) is 0 Å². The molecule has 19 heavy (non-hydrogen) atoms. The predicted molar refractivity (Wildman–Crippen MR) is 74.7 cm³/mol. The predicted octanol–water partition coefficient (Wildman–Crippen LogP) is 2.49. The Morgan fingerprint density at radius 1 is 1.16 bits per heavy atom. The minimum Gasteiger partial charge on any atom is -0.338 e. The zero-order chi connectivity index (χ0) is 13.5. The van der Waals surface area contributed by atoms with Crippen LogP contribution in [0.4, 0.5) is 4.79 Å². The van der Waals surface area contributed by atoms with E-state index in [4.69, 9.17) is 0 Å². The summed E-state index contributed by atoms with van der Waals surface area (Å²) in [6, 6.07) is 15.0. The van der Waals surface area contributed by atoms with E-state index in [9.17, 15) is 4.79 Å². The van der Waals surface area contributed by atoms with E-state index in [1.165, 1.54) is 0 Å². The topological polar surface area (TPSA) is 54.0 Å². The van der Waals surface area contributed by atoms with Crippen molar-refractivity contribution < 1.29 is 4.79 Å². The highest BCUT2D eigenvalue weighted by atomic mass is 16.2. The molecular formula is C15H17N3O. The van der Waals surface area contributed by atoms with Gasteiger partial charge in [-0.05, 0) is 24.6 Å². The number of hydrogen-bond acceptors (Lipinski definition) is 2. The Kier molecular flexibility index (Phi) is 4.50. The second-order valence-electron chi connectivity index (χ2n) is 4.10. The smallest absolute Gasteiger partial charge is 0.315 e. The number of carbonyl (C=O) groups excluding carboxylic acids is 1. The molecule has 0 aliphatic heterocycles. The molecule has 2 N–H and O–H groups in total.